The minimum absolute atomic E-state index is 0.671. The Kier molecular flexibility index (Phi) is 3.40. The highest BCUT2D eigenvalue weighted by atomic mass is 32.1. The molecule has 0 aliphatic carbocycles. The van der Waals surface area contributed by atoms with Crippen LogP contribution in [-0.4, -0.2) is 21.9 Å². The zero-order chi connectivity index (χ0) is 11.5. The lowest BCUT2D eigenvalue weighted by atomic mass is 10.4. The van der Waals surface area contributed by atoms with E-state index >= 15 is 0 Å². The monoisotopic (exact) mass is 255 g/mol. The van der Waals surface area contributed by atoms with Crippen LogP contribution < -0.4 is 4.74 Å². The first-order valence-corrected chi connectivity index (χ1v) is 6.33. The summed E-state index contributed by atoms with van der Waals surface area (Å²) in [6.45, 7) is 3.00. The van der Waals surface area contributed by atoms with Gasteiger partial charge in [0.2, 0.25) is 0 Å². The number of nitrogens with zero attached hydrogens (tertiary/aromatic N) is 2. The van der Waals surface area contributed by atoms with Crippen molar-refractivity contribution in [3.05, 3.63) is 16.2 Å². The van der Waals surface area contributed by atoms with Gasteiger partial charge in [-0.25, -0.2) is 0 Å². The van der Waals surface area contributed by atoms with Crippen molar-refractivity contribution in [3.8, 4) is 16.5 Å². The highest BCUT2D eigenvalue weighted by Gasteiger charge is 2.10. The molecular weight excluding hydrogens is 242 g/mol. The second-order valence-corrected chi connectivity index (χ2v) is 4.65. The van der Waals surface area contributed by atoms with Crippen LogP contribution in [0.1, 0.15) is 13.3 Å². The lowest BCUT2D eigenvalue weighted by Crippen LogP contribution is -1.98. The first kappa shape index (κ1) is 11.3. The average Bonchev–Trinajstić information content (AvgIpc) is 2.87. The summed E-state index contributed by atoms with van der Waals surface area (Å²) in [5.74, 6) is 1.75. The smallest absolute Gasteiger partial charge is 0.195 e. The molecule has 0 aliphatic rings. The number of aromatic nitrogens is 3. The van der Waals surface area contributed by atoms with Gasteiger partial charge in [0, 0.05) is 18.0 Å². The van der Waals surface area contributed by atoms with Gasteiger partial charge in [0.15, 0.2) is 10.6 Å². The molecule has 2 heterocycles. The van der Waals surface area contributed by atoms with Gasteiger partial charge in [-0.2, -0.15) is 5.10 Å². The number of rotatable bonds is 4. The van der Waals surface area contributed by atoms with Crippen LogP contribution in [0.2, 0.25) is 0 Å². The van der Waals surface area contributed by atoms with Gasteiger partial charge >= 0.3 is 0 Å². The van der Waals surface area contributed by atoms with Crippen LogP contribution in [0.4, 0.5) is 0 Å². The van der Waals surface area contributed by atoms with E-state index in [-0.39, 0.29) is 0 Å². The van der Waals surface area contributed by atoms with E-state index in [9.17, 15) is 0 Å². The Morgan fingerprint density at radius 1 is 1.62 bits per heavy atom. The summed E-state index contributed by atoms with van der Waals surface area (Å²) in [6, 6.07) is 1.97. The second-order valence-electron chi connectivity index (χ2n) is 3.35. The van der Waals surface area contributed by atoms with Crippen molar-refractivity contribution in [2.75, 3.05) is 7.11 Å². The number of aromatic amines is 1. The van der Waals surface area contributed by atoms with Gasteiger partial charge in [-0.3, -0.25) is 9.67 Å². The molecule has 0 bridgehead atoms. The van der Waals surface area contributed by atoms with Crippen molar-refractivity contribution in [1.29, 1.82) is 0 Å². The number of methoxy groups -OCH3 is 1. The maximum atomic E-state index is 5.19. The molecule has 86 valence electrons. The molecular formula is C10H13N3OS2. The standard InChI is InChI=1S/C10H13N3OS2/c1-3-4-13-9(11-12-10(13)15)8-5-7(14-2)6-16-8/h5-6H,3-4H2,1-2H3,(H,12,15). The minimum atomic E-state index is 0.671. The molecule has 2 aromatic heterocycles. The van der Waals surface area contributed by atoms with Crippen molar-refractivity contribution in [1.82, 2.24) is 14.8 Å². The Morgan fingerprint density at radius 2 is 2.44 bits per heavy atom. The SMILES string of the molecule is CCCn1c(-c2cc(OC)cs2)n[nH]c1=S. The number of nitrogens with one attached hydrogen (secondary N) is 1. The Morgan fingerprint density at radius 3 is 3.06 bits per heavy atom. The minimum Gasteiger partial charge on any atom is -0.496 e. The molecule has 0 saturated heterocycles. The van der Waals surface area contributed by atoms with Crippen molar-refractivity contribution in [3.63, 3.8) is 0 Å². The van der Waals surface area contributed by atoms with E-state index in [0.717, 1.165) is 29.4 Å². The number of hydrogen-bond donors (Lipinski definition) is 1. The molecule has 0 atom stereocenters. The van der Waals surface area contributed by atoms with Crippen molar-refractivity contribution in [2.24, 2.45) is 0 Å². The number of hydrogen-bond acceptors (Lipinski definition) is 4. The zero-order valence-electron chi connectivity index (χ0n) is 9.19. The number of ether oxygens (including phenoxy) is 1. The number of thiophene rings is 1. The fraction of sp³-hybridized carbons (Fsp3) is 0.400. The topological polar surface area (TPSA) is 42.8 Å². The lowest BCUT2D eigenvalue weighted by molar-refractivity contribution is 0.417. The molecule has 4 nitrogen and oxygen atoms in total. The van der Waals surface area contributed by atoms with Gasteiger partial charge < -0.3 is 4.74 Å². The van der Waals surface area contributed by atoms with Crippen molar-refractivity contribution >= 4 is 23.6 Å². The summed E-state index contributed by atoms with van der Waals surface area (Å²) < 4.78 is 7.85. The molecule has 1 N–H and O–H groups in total. The zero-order valence-corrected chi connectivity index (χ0v) is 10.8. The van der Waals surface area contributed by atoms with Crippen molar-refractivity contribution < 1.29 is 4.74 Å². The molecule has 0 aromatic carbocycles. The van der Waals surface area contributed by atoms with Crippen LogP contribution >= 0.6 is 23.6 Å². The van der Waals surface area contributed by atoms with Gasteiger partial charge in [0.1, 0.15) is 5.75 Å². The van der Waals surface area contributed by atoms with E-state index in [1.807, 2.05) is 16.0 Å². The lowest BCUT2D eigenvalue weighted by Gasteiger charge is -2.01. The van der Waals surface area contributed by atoms with Gasteiger partial charge in [-0.1, -0.05) is 6.92 Å². The van der Waals surface area contributed by atoms with E-state index in [0.29, 0.717) is 4.77 Å². The molecule has 16 heavy (non-hydrogen) atoms. The van der Waals surface area contributed by atoms with Gasteiger partial charge in [-0.15, -0.1) is 11.3 Å². The summed E-state index contributed by atoms with van der Waals surface area (Å²) in [6.07, 6.45) is 1.03. The summed E-state index contributed by atoms with van der Waals surface area (Å²) in [4.78, 5) is 1.07. The third-order valence-electron chi connectivity index (χ3n) is 2.24. The number of H-pyrrole nitrogens is 1. The molecule has 0 spiro atoms. The third-order valence-corrected chi connectivity index (χ3v) is 3.45. The predicted octanol–water partition coefficient (Wildman–Crippen LogP) is 3.09. The van der Waals surface area contributed by atoms with Crippen LogP contribution in [0.5, 0.6) is 5.75 Å². The second kappa shape index (κ2) is 4.80. The first-order chi connectivity index (χ1) is 7.76. The largest absolute Gasteiger partial charge is 0.496 e. The Bertz CT molecular complexity index is 526. The predicted molar refractivity (Wildman–Crippen MR) is 67.6 cm³/mol. The highest BCUT2D eigenvalue weighted by Crippen LogP contribution is 2.29. The van der Waals surface area contributed by atoms with E-state index in [1.54, 1.807) is 18.4 Å². The van der Waals surface area contributed by atoms with E-state index in [1.165, 1.54) is 0 Å². The van der Waals surface area contributed by atoms with Crippen LogP contribution in [0.15, 0.2) is 11.4 Å². The molecule has 0 unspecified atom stereocenters. The summed E-state index contributed by atoms with van der Waals surface area (Å²) in [5, 5.41) is 9.04. The quantitative estimate of drug-likeness (QED) is 0.854. The van der Waals surface area contributed by atoms with Crippen LogP contribution in [-0.2, 0) is 6.54 Å². The van der Waals surface area contributed by atoms with E-state index < -0.39 is 0 Å². The molecule has 0 amide bonds. The molecule has 2 rings (SSSR count). The molecule has 0 saturated carbocycles. The van der Waals surface area contributed by atoms with Gasteiger partial charge in [0.25, 0.3) is 0 Å². The fourth-order valence-corrected chi connectivity index (χ4v) is 2.56. The molecule has 0 radical (unpaired) electrons. The highest BCUT2D eigenvalue weighted by molar-refractivity contribution is 7.71. The molecule has 0 aliphatic heterocycles. The van der Waals surface area contributed by atoms with Crippen LogP contribution in [0, 0.1) is 4.77 Å². The van der Waals surface area contributed by atoms with Gasteiger partial charge in [0.05, 0.1) is 12.0 Å². The Balaban J connectivity index is 2.43. The first-order valence-electron chi connectivity index (χ1n) is 5.04. The average molecular weight is 255 g/mol. The molecule has 2 aromatic rings. The summed E-state index contributed by atoms with van der Waals surface area (Å²) in [7, 11) is 1.66. The van der Waals surface area contributed by atoms with E-state index in [2.05, 4.69) is 17.1 Å². The fourth-order valence-electron chi connectivity index (χ4n) is 1.48. The summed E-state index contributed by atoms with van der Waals surface area (Å²) in [5.41, 5.74) is 0. The maximum absolute atomic E-state index is 5.19. The normalized spacial score (nSPS) is 10.6. The van der Waals surface area contributed by atoms with E-state index in [4.69, 9.17) is 17.0 Å². The molecule has 0 fully saturated rings. The molecule has 6 heteroatoms. The van der Waals surface area contributed by atoms with Gasteiger partial charge in [-0.05, 0) is 18.6 Å². The van der Waals surface area contributed by atoms with Crippen LogP contribution in [0.3, 0.4) is 0 Å². The Hall–Kier alpha value is -1.14. The maximum Gasteiger partial charge on any atom is 0.195 e. The summed E-state index contributed by atoms with van der Waals surface area (Å²) >= 11 is 6.80. The van der Waals surface area contributed by atoms with Crippen molar-refractivity contribution in [2.45, 2.75) is 19.9 Å². The Labute approximate surface area is 103 Å². The third kappa shape index (κ3) is 2.03. The van der Waals surface area contributed by atoms with Crippen LogP contribution in [0.25, 0.3) is 10.7 Å².